The summed E-state index contributed by atoms with van der Waals surface area (Å²) in [7, 11) is 0. The molecule has 0 unspecified atom stereocenters. The van der Waals surface area contributed by atoms with Gasteiger partial charge < -0.3 is 9.47 Å². The number of hydrogen-bond acceptors (Lipinski definition) is 5. The third kappa shape index (κ3) is 3.53. The lowest BCUT2D eigenvalue weighted by atomic mass is 9.79. The largest absolute Gasteiger partial charge is 0.462 e. The Morgan fingerprint density at radius 1 is 1.04 bits per heavy atom. The molecule has 0 aliphatic heterocycles. The molecule has 0 bridgehead atoms. The molecule has 1 saturated carbocycles. The van der Waals surface area contributed by atoms with Crippen molar-refractivity contribution >= 4 is 11.9 Å². The highest BCUT2D eigenvalue weighted by atomic mass is 16.5. The van der Waals surface area contributed by atoms with Gasteiger partial charge in [-0.05, 0) is 50.5 Å². The molecule has 122 valence electrons. The van der Waals surface area contributed by atoms with E-state index in [1.165, 1.54) is 6.07 Å². The van der Waals surface area contributed by atoms with Gasteiger partial charge in [0.05, 0.1) is 35.8 Å². The number of esters is 2. The summed E-state index contributed by atoms with van der Waals surface area (Å²) in [6.45, 7) is 3.95. The lowest BCUT2D eigenvalue weighted by molar-refractivity contribution is 0.0525. The Kier molecular flexibility index (Phi) is 5.38. The fraction of sp³-hybridized carbons (Fsp3) is 0.500. The first kappa shape index (κ1) is 17.0. The molecule has 1 aliphatic rings. The van der Waals surface area contributed by atoms with Crippen LogP contribution in [0.4, 0.5) is 0 Å². The van der Waals surface area contributed by atoms with Crippen molar-refractivity contribution in [2.24, 2.45) is 0 Å². The zero-order valence-corrected chi connectivity index (χ0v) is 13.6. The van der Waals surface area contributed by atoms with Crippen molar-refractivity contribution in [3.63, 3.8) is 0 Å². The molecule has 0 spiro atoms. The van der Waals surface area contributed by atoms with Crippen LogP contribution in [0.1, 0.15) is 65.8 Å². The van der Waals surface area contributed by atoms with Crippen LogP contribution in [0.3, 0.4) is 0 Å². The van der Waals surface area contributed by atoms with Crippen LogP contribution in [0.5, 0.6) is 0 Å². The Hall–Kier alpha value is -2.35. The second-order valence-electron chi connectivity index (χ2n) is 5.64. The summed E-state index contributed by atoms with van der Waals surface area (Å²) in [6.07, 6.45) is 3.40. The van der Waals surface area contributed by atoms with Crippen molar-refractivity contribution in [2.45, 2.75) is 44.9 Å². The molecule has 0 aromatic heterocycles. The van der Waals surface area contributed by atoms with Crippen LogP contribution in [0.25, 0.3) is 0 Å². The molecule has 0 heterocycles. The van der Waals surface area contributed by atoms with Crippen LogP contribution in [0.2, 0.25) is 0 Å². The van der Waals surface area contributed by atoms with Gasteiger partial charge in [0.25, 0.3) is 0 Å². The Morgan fingerprint density at radius 2 is 1.52 bits per heavy atom. The van der Waals surface area contributed by atoms with Gasteiger partial charge in [-0.25, -0.2) is 9.59 Å². The van der Waals surface area contributed by atoms with E-state index in [1.54, 1.807) is 26.0 Å². The lowest BCUT2D eigenvalue weighted by Crippen LogP contribution is -2.21. The van der Waals surface area contributed by atoms with Gasteiger partial charge in [0.15, 0.2) is 0 Å². The smallest absolute Gasteiger partial charge is 0.338 e. The van der Waals surface area contributed by atoms with Gasteiger partial charge in [-0.15, -0.1) is 0 Å². The molecule has 0 saturated heterocycles. The van der Waals surface area contributed by atoms with Gasteiger partial charge >= 0.3 is 11.9 Å². The highest BCUT2D eigenvalue weighted by Crippen LogP contribution is 2.41. The van der Waals surface area contributed by atoms with E-state index in [-0.39, 0.29) is 24.3 Å². The summed E-state index contributed by atoms with van der Waals surface area (Å²) in [5, 5.41) is 9.65. The zero-order valence-electron chi connectivity index (χ0n) is 13.6. The highest BCUT2D eigenvalue weighted by Gasteiger charge is 2.37. The number of nitriles is 1. The average molecular weight is 315 g/mol. The predicted octanol–water partition coefficient (Wildman–Crippen LogP) is 3.38. The molecule has 1 fully saturated rings. The minimum Gasteiger partial charge on any atom is -0.462 e. The predicted molar refractivity (Wildman–Crippen MR) is 84.1 cm³/mol. The maximum Gasteiger partial charge on any atom is 0.338 e. The van der Waals surface area contributed by atoms with E-state index in [4.69, 9.17) is 9.47 Å². The standard InChI is InChI=1S/C18H21NO4/c1-3-22-16(20)13-9-14(17(21)23-4-2)11-15(10-13)18(12-19)7-5-6-8-18/h9-11H,3-8H2,1-2H3. The summed E-state index contributed by atoms with van der Waals surface area (Å²) in [6, 6.07) is 7.21. The number of benzene rings is 1. The number of rotatable bonds is 5. The number of ether oxygens (including phenoxy) is 2. The molecule has 0 N–H and O–H groups in total. The fourth-order valence-electron chi connectivity index (χ4n) is 3.01. The van der Waals surface area contributed by atoms with Crippen molar-refractivity contribution in [1.82, 2.24) is 0 Å². The van der Waals surface area contributed by atoms with Crippen molar-refractivity contribution in [2.75, 3.05) is 13.2 Å². The van der Waals surface area contributed by atoms with E-state index in [0.29, 0.717) is 5.56 Å². The van der Waals surface area contributed by atoms with Crippen molar-refractivity contribution in [3.8, 4) is 6.07 Å². The topological polar surface area (TPSA) is 76.4 Å². The first-order valence-corrected chi connectivity index (χ1v) is 7.97. The summed E-state index contributed by atoms with van der Waals surface area (Å²) in [5.74, 6) is -0.989. The van der Waals surface area contributed by atoms with E-state index in [0.717, 1.165) is 25.7 Å². The number of nitrogens with zero attached hydrogens (tertiary/aromatic N) is 1. The molecular weight excluding hydrogens is 294 g/mol. The number of hydrogen-bond donors (Lipinski definition) is 0. The van der Waals surface area contributed by atoms with Gasteiger partial charge in [-0.1, -0.05) is 12.8 Å². The summed E-state index contributed by atoms with van der Waals surface area (Å²) in [4.78, 5) is 24.2. The van der Waals surface area contributed by atoms with Crippen LogP contribution < -0.4 is 0 Å². The monoisotopic (exact) mass is 315 g/mol. The van der Waals surface area contributed by atoms with E-state index in [2.05, 4.69) is 6.07 Å². The third-order valence-corrected chi connectivity index (χ3v) is 4.18. The molecule has 1 aromatic carbocycles. The molecule has 5 nitrogen and oxygen atoms in total. The van der Waals surface area contributed by atoms with Crippen molar-refractivity contribution in [3.05, 3.63) is 34.9 Å². The maximum absolute atomic E-state index is 12.1. The molecule has 1 aromatic rings. The Balaban J connectivity index is 2.51. The van der Waals surface area contributed by atoms with Crippen LogP contribution in [0.15, 0.2) is 18.2 Å². The minimum absolute atomic E-state index is 0.251. The zero-order chi connectivity index (χ0) is 16.9. The molecular formula is C18H21NO4. The third-order valence-electron chi connectivity index (χ3n) is 4.18. The maximum atomic E-state index is 12.1. The van der Waals surface area contributed by atoms with Crippen LogP contribution in [-0.4, -0.2) is 25.2 Å². The molecule has 0 atom stereocenters. The summed E-state index contributed by atoms with van der Waals surface area (Å²) in [5.41, 5.74) is 0.637. The Morgan fingerprint density at radius 3 is 1.91 bits per heavy atom. The number of carbonyl (C=O) groups excluding carboxylic acids is 2. The lowest BCUT2D eigenvalue weighted by Gasteiger charge is -2.22. The van der Waals surface area contributed by atoms with Gasteiger partial charge in [-0.3, -0.25) is 0 Å². The average Bonchev–Trinajstić information content (AvgIpc) is 3.05. The first-order chi connectivity index (χ1) is 11.1. The molecule has 23 heavy (non-hydrogen) atoms. The normalized spacial score (nSPS) is 15.7. The van der Waals surface area contributed by atoms with Gasteiger partial charge in [0.1, 0.15) is 0 Å². The Bertz CT molecular complexity index is 603. The molecule has 1 aliphatic carbocycles. The van der Waals surface area contributed by atoms with Crippen molar-refractivity contribution < 1.29 is 19.1 Å². The van der Waals surface area contributed by atoms with Crippen molar-refractivity contribution in [1.29, 1.82) is 5.26 Å². The number of carbonyl (C=O) groups is 2. The van der Waals surface area contributed by atoms with E-state index < -0.39 is 17.4 Å². The molecule has 0 amide bonds. The SMILES string of the molecule is CCOC(=O)c1cc(C(=O)OCC)cc(C2(C#N)CCCC2)c1. The molecule has 0 radical (unpaired) electrons. The van der Waals surface area contributed by atoms with Crippen LogP contribution >= 0.6 is 0 Å². The quantitative estimate of drug-likeness (QED) is 0.779. The summed E-state index contributed by atoms with van der Waals surface area (Å²) >= 11 is 0. The highest BCUT2D eigenvalue weighted by molar-refractivity contribution is 5.95. The second kappa shape index (κ2) is 7.28. The first-order valence-electron chi connectivity index (χ1n) is 7.97. The van der Waals surface area contributed by atoms with E-state index in [1.807, 2.05) is 0 Å². The fourth-order valence-corrected chi connectivity index (χ4v) is 3.01. The van der Waals surface area contributed by atoms with Gasteiger partial charge in [0, 0.05) is 0 Å². The van der Waals surface area contributed by atoms with Crippen LogP contribution in [0, 0.1) is 11.3 Å². The molecule has 2 rings (SSSR count). The van der Waals surface area contributed by atoms with E-state index >= 15 is 0 Å². The molecule has 5 heteroatoms. The van der Waals surface area contributed by atoms with Gasteiger partial charge in [0.2, 0.25) is 0 Å². The van der Waals surface area contributed by atoms with E-state index in [9.17, 15) is 14.9 Å². The Labute approximate surface area is 136 Å². The summed E-state index contributed by atoms with van der Waals surface area (Å²) < 4.78 is 10.1. The van der Waals surface area contributed by atoms with Gasteiger partial charge in [-0.2, -0.15) is 5.26 Å². The minimum atomic E-state index is -0.635. The second-order valence-corrected chi connectivity index (χ2v) is 5.64. The van der Waals surface area contributed by atoms with Crippen LogP contribution in [-0.2, 0) is 14.9 Å².